The Morgan fingerprint density at radius 1 is 0.543 bits per heavy atom. The van der Waals surface area contributed by atoms with Gasteiger partial charge in [0.05, 0.1) is 6.61 Å². The van der Waals surface area contributed by atoms with E-state index < -0.39 is 104 Å². The van der Waals surface area contributed by atoms with Crippen molar-refractivity contribution in [2.24, 2.45) is 10.8 Å². The second-order valence-corrected chi connectivity index (χ2v) is 10.3. The van der Waals surface area contributed by atoms with E-state index in [9.17, 15) is 43.5 Å². The van der Waals surface area contributed by atoms with Crippen LogP contribution in [0.4, 0.5) is 0 Å². The molecule has 0 saturated heterocycles. The molecule has 46 heavy (non-hydrogen) atoms. The van der Waals surface area contributed by atoms with Gasteiger partial charge in [-0.05, 0) is 13.8 Å². The summed E-state index contributed by atoms with van der Waals surface area (Å²) in [6, 6.07) is 0. The molecule has 17 nitrogen and oxygen atoms in total. The molecule has 0 saturated carbocycles. The average Bonchev–Trinajstić information content (AvgIpc) is 3.04. The number of aliphatic carboxylic acids is 1. The highest BCUT2D eigenvalue weighted by Crippen LogP contribution is 2.26. The van der Waals surface area contributed by atoms with E-state index in [-0.39, 0.29) is 32.3 Å². The van der Waals surface area contributed by atoms with Crippen LogP contribution in [0.25, 0.3) is 0 Å². The van der Waals surface area contributed by atoms with Crippen LogP contribution < -0.4 is 0 Å². The highest BCUT2D eigenvalue weighted by Gasteiger charge is 2.49. The molecule has 0 aromatic carbocycles. The predicted octanol–water partition coefficient (Wildman–Crippen LogP) is 0.910. The molecular weight excluding hydrogens is 620 g/mol. The van der Waals surface area contributed by atoms with E-state index in [2.05, 4.69) is 0 Å². The normalized spacial score (nSPS) is 12.5. The van der Waals surface area contributed by atoms with Crippen LogP contribution in [0.1, 0.15) is 67.2 Å². The number of ether oxygens (including phenoxy) is 8. The number of carboxylic acid groups (broad SMARTS) is 1. The van der Waals surface area contributed by atoms with Gasteiger partial charge in [0, 0.05) is 32.8 Å². The van der Waals surface area contributed by atoms with Crippen molar-refractivity contribution in [1.82, 2.24) is 0 Å². The van der Waals surface area contributed by atoms with Crippen molar-refractivity contribution in [3.05, 3.63) is 0 Å². The smallest absolute Gasteiger partial charge is 0.352 e. The fraction of sp³-hybridized carbons (Fsp3) is 0.724. The number of carboxylic acids is 1. The lowest BCUT2D eigenvalue weighted by Gasteiger charge is -2.31. The van der Waals surface area contributed by atoms with E-state index in [4.69, 9.17) is 37.9 Å². The number of rotatable bonds is 22. The van der Waals surface area contributed by atoms with Crippen molar-refractivity contribution in [3.8, 4) is 0 Å². The second kappa shape index (κ2) is 20.7. The van der Waals surface area contributed by atoms with Crippen LogP contribution in [0.5, 0.6) is 0 Å². The Kier molecular flexibility index (Phi) is 18.8. The Hall–Kier alpha value is -4.28. The highest BCUT2D eigenvalue weighted by molar-refractivity contribution is 5.90. The molecule has 17 heteroatoms. The third-order valence-corrected chi connectivity index (χ3v) is 6.10. The Bertz CT molecular complexity index is 1040. The lowest BCUT2D eigenvalue weighted by molar-refractivity contribution is -0.202. The van der Waals surface area contributed by atoms with Gasteiger partial charge in [0.1, 0.15) is 43.9 Å². The van der Waals surface area contributed by atoms with Gasteiger partial charge < -0.3 is 43.0 Å². The zero-order valence-corrected chi connectivity index (χ0v) is 27.2. The van der Waals surface area contributed by atoms with Crippen molar-refractivity contribution in [2.75, 3.05) is 46.8 Å². The van der Waals surface area contributed by atoms with Crippen molar-refractivity contribution < 1.29 is 81.4 Å². The minimum Gasteiger partial charge on any atom is -0.478 e. The summed E-state index contributed by atoms with van der Waals surface area (Å²) in [5.74, 6) is -9.18. The molecule has 0 aromatic heterocycles. The van der Waals surface area contributed by atoms with Crippen LogP contribution >= 0.6 is 0 Å². The summed E-state index contributed by atoms with van der Waals surface area (Å²) in [6.45, 7) is 4.81. The van der Waals surface area contributed by atoms with Crippen molar-refractivity contribution >= 4 is 47.8 Å². The fourth-order valence-electron chi connectivity index (χ4n) is 2.98. The van der Waals surface area contributed by atoms with Crippen LogP contribution in [0.2, 0.25) is 0 Å². The fourth-order valence-corrected chi connectivity index (χ4v) is 2.98. The maximum absolute atomic E-state index is 13.5. The number of carbonyl (C=O) groups is 8. The van der Waals surface area contributed by atoms with Crippen LogP contribution in [0.15, 0.2) is 0 Å². The first kappa shape index (κ1) is 41.7. The standard InChI is InChI=1S/C29H44O17/c1-8-18(30)41-14-28(5,15-42-19(31)9-2)26(37)45-22(24(34)35)23(25(36)40-13-12-39-7)46-27(38)29(6,16-43-20(32)10-3)17-44-21(33)11-4/h22-23H,8-17H2,1-7H3,(H,34,35). The topological polar surface area (TPSA) is 231 Å². The van der Waals surface area contributed by atoms with Crippen LogP contribution in [0.3, 0.4) is 0 Å². The second-order valence-electron chi connectivity index (χ2n) is 10.3. The molecule has 0 aliphatic carbocycles. The van der Waals surface area contributed by atoms with Gasteiger partial charge in [0.15, 0.2) is 0 Å². The molecule has 0 amide bonds. The Balaban J connectivity index is 6.59. The minimum absolute atomic E-state index is 0.0781. The van der Waals surface area contributed by atoms with E-state index in [0.717, 1.165) is 13.8 Å². The first-order chi connectivity index (χ1) is 21.5. The van der Waals surface area contributed by atoms with Gasteiger partial charge in [-0.25, -0.2) is 9.59 Å². The molecule has 2 atom stereocenters. The molecule has 0 spiro atoms. The summed E-state index contributed by atoms with van der Waals surface area (Å²) in [7, 11) is 1.28. The summed E-state index contributed by atoms with van der Waals surface area (Å²) in [4.78, 5) is 99.6. The van der Waals surface area contributed by atoms with Crippen LogP contribution in [-0.4, -0.2) is 112 Å². The zero-order chi connectivity index (χ0) is 35.5. The molecule has 0 bridgehead atoms. The largest absolute Gasteiger partial charge is 0.478 e. The highest BCUT2D eigenvalue weighted by atomic mass is 16.6. The molecule has 0 aliphatic rings. The molecule has 262 valence electrons. The summed E-state index contributed by atoms with van der Waals surface area (Å²) in [6.07, 6.45) is -5.34. The molecule has 0 radical (unpaired) electrons. The van der Waals surface area contributed by atoms with E-state index >= 15 is 0 Å². The van der Waals surface area contributed by atoms with Gasteiger partial charge in [0.25, 0.3) is 0 Å². The lowest BCUT2D eigenvalue weighted by atomic mass is 9.92. The number of hydrogen-bond acceptors (Lipinski definition) is 16. The molecule has 0 aliphatic heterocycles. The van der Waals surface area contributed by atoms with Gasteiger partial charge in [-0.1, -0.05) is 27.7 Å². The lowest BCUT2D eigenvalue weighted by Crippen LogP contribution is -2.52. The summed E-state index contributed by atoms with van der Waals surface area (Å²) < 4.78 is 40.3. The van der Waals surface area contributed by atoms with E-state index in [1.807, 2.05) is 0 Å². The van der Waals surface area contributed by atoms with Crippen molar-refractivity contribution in [2.45, 2.75) is 79.4 Å². The Labute approximate surface area is 266 Å². The number of methoxy groups -OCH3 is 1. The van der Waals surface area contributed by atoms with E-state index in [1.165, 1.54) is 34.8 Å². The third-order valence-electron chi connectivity index (χ3n) is 6.10. The first-order valence-electron chi connectivity index (χ1n) is 14.5. The zero-order valence-electron chi connectivity index (χ0n) is 27.2. The van der Waals surface area contributed by atoms with Crippen LogP contribution in [0, 0.1) is 10.8 Å². The molecule has 0 rings (SSSR count). The number of esters is 7. The maximum atomic E-state index is 13.5. The number of carbonyl (C=O) groups excluding carboxylic acids is 7. The average molecular weight is 665 g/mol. The summed E-state index contributed by atoms with van der Waals surface area (Å²) in [5.41, 5.74) is -3.94. The first-order valence-corrected chi connectivity index (χ1v) is 14.5. The SMILES string of the molecule is CCC(=O)OCC(C)(COC(=O)CC)C(=O)OC(C(=O)O)C(OC(=O)C(C)(COC(=O)CC)COC(=O)CC)C(=O)OCCOC. The summed E-state index contributed by atoms with van der Waals surface area (Å²) in [5, 5.41) is 10.0. The van der Waals surface area contributed by atoms with Crippen molar-refractivity contribution in [3.63, 3.8) is 0 Å². The monoisotopic (exact) mass is 664 g/mol. The van der Waals surface area contributed by atoms with Gasteiger partial charge in [-0.15, -0.1) is 0 Å². The maximum Gasteiger partial charge on any atom is 0.352 e. The molecule has 0 fully saturated rings. The molecular formula is C29H44O17. The summed E-state index contributed by atoms with van der Waals surface area (Å²) >= 11 is 0. The van der Waals surface area contributed by atoms with Gasteiger partial charge >= 0.3 is 47.8 Å². The van der Waals surface area contributed by atoms with Gasteiger partial charge in [0.2, 0.25) is 12.2 Å². The van der Waals surface area contributed by atoms with E-state index in [0.29, 0.717) is 0 Å². The number of hydrogen-bond donors (Lipinski definition) is 1. The van der Waals surface area contributed by atoms with E-state index in [1.54, 1.807) is 0 Å². The molecule has 2 unspecified atom stereocenters. The van der Waals surface area contributed by atoms with Crippen LogP contribution in [-0.2, 0) is 76.3 Å². The minimum atomic E-state index is -2.56. The van der Waals surface area contributed by atoms with Gasteiger partial charge in [-0.3, -0.25) is 28.8 Å². The Morgan fingerprint density at radius 2 is 0.870 bits per heavy atom. The predicted molar refractivity (Wildman–Crippen MR) is 151 cm³/mol. The van der Waals surface area contributed by atoms with Gasteiger partial charge in [-0.2, -0.15) is 0 Å². The molecule has 0 aromatic rings. The molecule has 0 heterocycles. The molecule has 1 N–H and O–H groups in total. The third kappa shape index (κ3) is 14.2. The Morgan fingerprint density at radius 3 is 1.15 bits per heavy atom. The van der Waals surface area contributed by atoms with Crippen molar-refractivity contribution in [1.29, 1.82) is 0 Å². The quantitative estimate of drug-likeness (QED) is 0.0962.